The second-order valence-electron chi connectivity index (χ2n) is 7.68. The fourth-order valence-electron chi connectivity index (χ4n) is 4.47. The van der Waals surface area contributed by atoms with Crippen LogP contribution in [0.25, 0.3) is 0 Å². The van der Waals surface area contributed by atoms with Crippen molar-refractivity contribution >= 4 is 5.91 Å². The number of benzene rings is 1. The van der Waals surface area contributed by atoms with Gasteiger partial charge in [0.05, 0.1) is 12.5 Å². The molecule has 1 amide bonds. The number of rotatable bonds is 4. The highest BCUT2D eigenvalue weighted by Crippen LogP contribution is 2.39. The smallest absolute Gasteiger partial charge is 0.222 e. The summed E-state index contributed by atoms with van der Waals surface area (Å²) in [7, 11) is 0. The van der Waals surface area contributed by atoms with Crippen molar-refractivity contribution in [3.8, 4) is 0 Å². The lowest BCUT2D eigenvalue weighted by Crippen LogP contribution is -2.53. The number of likely N-dealkylation sites (tertiary alicyclic amines) is 2. The van der Waals surface area contributed by atoms with E-state index in [-0.39, 0.29) is 5.41 Å². The van der Waals surface area contributed by atoms with E-state index in [2.05, 4.69) is 21.9 Å². The summed E-state index contributed by atoms with van der Waals surface area (Å²) in [5, 5.41) is 0. The van der Waals surface area contributed by atoms with Gasteiger partial charge in [-0.1, -0.05) is 30.3 Å². The zero-order valence-corrected chi connectivity index (χ0v) is 14.7. The molecule has 3 heterocycles. The fourth-order valence-corrected chi connectivity index (χ4v) is 4.47. The van der Waals surface area contributed by atoms with E-state index in [1.165, 1.54) is 24.0 Å². The molecule has 1 spiro atoms. The van der Waals surface area contributed by atoms with E-state index in [1.807, 2.05) is 30.5 Å². The Bertz CT molecular complexity index is 698. The monoisotopic (exact) mass is 338 g/mol. The predicted octanol–water partition coefficient (Wildman–Crippen LogP) is 3.68. The van der Waals surface area contributed by atoms with Gasteiger partial charge in [-0.3, -0.25) is 9.69 Å². The highest BCUT2D eigenvalue weighted by molar-refractivity contribution is 5.77. The highest BCUT2D eigenvalue weighted by Gasteiger charge is 2.41. The van der Waals surface area contributed by atoms with E-state index in [1.54, 1.807) is 6.26 Å². The number of carbonyl (C=O) groups excluding carboxylic acids is 1. The normalized spacial score (nSPS) is 24.8. The van der Waals surface area contributed by atoms with Crippen molar-refractivity contribution < 1.29 is 9.21 Å². The molecule has 1 aromatic heterocycles. The van der Waals surface area contributed by atoms with Crippen molar-refractivity contribution in [1.82, 2.24) is 9.80 Å². The molecule has 0 radical (unpaired) electrons. The Hall–Kier alpha value is -2.07. The third kappa shape index (κ3) is 3.79. The molecule has 0 N–H and O–H groups in total. The van der Waals surface area contributed by atoms with E-state index in [0.717, 1.165) is 39.1 Å². The quantitative estimate of drug-likeness (QED) is 0.853. The number of furan rings is 1. The lowest BCUT2D eigenvalue weighted by Gasteiger charge is -2.48. The Morgan fingerprint density at radius 3 is 2.68 bits per heavy atom. The Balaban J connectivity index is 1.44. The van der Waals surface area contributed by atoms with Crippen molar-refractivity contribution in [3.05, 3.63) is 60.1 Å². The van der Waals surface area contributed by atoms with Crippen LogP contribution in [0.1, 0.15) is 36.8 Å². The summed E-state index contributed by atoms with van der Waals surface area (Å²) in [5.41, 5.74) is 2.72. The third-order valence-electron chi connectivity index (χ3n) is 5.69. The van der Waals surface area contributed by atoms with Gasteiger partial charge in [0.15, 0.2) is 0 Å². The number of nitrogens with zero attached hydrogens (tertiary/aromatic N) is 2. The molecule has 4 heteroatoms. The molecule has 4 nitrogen and oxygen atoms in total. The van der Waals surface area contributed by atoms with Gasteiger partial charge < -0.3 is 9.32 Å². The van der Waals surface area contributed by atoms with E-state index >= 15 is 0 Å². The Kier molecular flexibility index (Phi) is 4.62. The maximum atomic E-state index is 12.5. The molecule has 25 heavy (non-hydrogen) atoms. The van der Waals surface area contributed by atoms with E-state index in [4.69, 9.17) is 4.42 Å². The number of piperidine rings is 2. The van der Waals surface area contributed by atoms with Crippen LogP contribution in [0.5, 0.6) is 0 Å². The van der Waals surface area contributed by atoms with Crippen LogP contribution in [0.4, 0.5) is 0 Å². The molecule has 132 valence electrons. The Morgan fingerprint density at radius 2 is 1.88 bits per heavy atom. The zero-order chi connectivity index (χ0) is 17.1. The molecular weight excluding hydrogens is 312 g/mol. The van der Waals surface area contributed by atoms with Gasteiger partial charge in [-0.15, -0.1) is 0 Å². The molecule has 2 aromatic rings. The fraction of sp³-hybridized carbons (Fsp3) is 0.476. The second kappa shape index (κ2) is 7.04. The van der Waals surface area contributed by atoms with Crippen LogP contribution >= 0.6 is 0 Å². The Morgan fingerprint density at radius 1 is 1.00 bits per heavy atom. The summed E-state index contributed by atoms with van der Waals surface area (Å²) in [4.78, 5) is 17.1. The molecule has 2 fully saturated rings. The van der Waals surface area contributed by atoms with Gasteiger partial charge in [-0.2, -0.15) is 0 Å². The first kappa shape index (κ1) is 16.4. The van der Waals surface area contributed by atoms with Crippen molar-refractivity contribution in [2.24, 2.45) is 5.41 Å². The maximum absolute atomic E-state index is 12.5. The van der Waals surface area contributed by atoms with Crippen molar-refractivity contribution in [3.63, 3.8) is 0 Å². The molecule has 4 rings (SSSR count). The van der Waals surface area contributed by atoms with Gasteiger partial charge in [0.1, 0.15) is 0 Å². The molecule has 2 saturated heterocycles. The van der Waals surface area contributed by atoms with Crippen LogP contribution in [0.3, 0.4) is 0 Å². The number of hydrogen-bond donors (Lipinski definition) is 0. The average molecular weight is 338 g/mol. The van der Waals surface area contributed by atoms with Crippen molar-refractivity contribution in [1.29, 1.82) is 0 Å². The van der Waals surface area contributed by atoms with E-state index < -0.39 is 0 Å². The molecule has 0 saturated carbocycles. The van der Waals surface area contributed by atoms with Crippen LogP contribution in [0.2, 0.25) is 0 Å². The van der Waals surface area contributed by atoms with Gasteiger partial charge in [0.25, 0.3) is 0 Å². The summed E-state index contributed by atoms with van der Waals surface area (Å²) < 4.78 is 5.21. The molecule has 1 atom stereocenters. The number of amides is 1. The molecule has 1 unspecified atom stereocenters. The van der Waals surface area contributed by atoms with Gasteiger partial charge >= 0.3 is 0 Å². The first-order valence-corrected chi connectivity index (χ1v) is 9.28. The first-order valence-electron chi connectivity index (χ1n) is 9.28. The molecule has 2 aliphatic heterocycles. The van der Waals surface area contributed by atoms with Crippen LogP contribution in [0.15, 0.2) is 53.3 Å². The minimum Gasteiger partial charge on any atom is -0.472 e. The third-order valence-corrected chi connectivity index (χ3v) is 5.69. The topological polar surface area (TPSA) is 36.7 Å². The largest absolute Gasteiger partial charge is 0.472 e. The number of carbonyl (C=O) groups is 1. The van der Waals surface area contributed by atoms with E-state index in [9.17, 15) is 4.79 Å². The molecule has 2 aliphatic rings. The van der Waals surface area contributed by atoms with Crippen LogP contribution in [-0.2, 0) is 17.9 Å². The van der Waals surface area contributed by atoms with Gasteiger partial charge in [-0.25, -0.2) is 0 Å². The zero-order valence-electron chi connectivity index (χ0n) is 14.7. The van der Waals surface area contributed by atoms with Gasteiger partial charge in [-0.05, 0) is 37.4 Å². The average Bonchev–Trinajstić information content (AvgIpc) is 3.13. The predicted molar refractivity (Wildman–Crippen MR) is 96.7 cm³/mol. The molecule has 0 aliphatic carbocycles. The molecule has 1 aromatic carbocycles. The van der Waals surface area contributed by atoms with Gasteiger partial charge in [0.2, 0.25) is 5.91 Å². The lowest BCUT2D eigenvalue weighted by atomic mass is 9.73. The summed E-state index contributed by atoms with van der Waals surface area (Å²) in [6.07, 6.45) is 7.74. The van der Waals surface area contributed by atoms with E-state index in [0.29, 0.717) is 12.3 Å². The summed E-state index contributed by atoms with van der Waals surface area (Å²) in [6, 6.07) is 12.4. The number of hydrogen-bond acceptors (Lipinski definition) is 3. The summed E-state index contributed by atoms with van der Waals surface area (Å²) >= 11 is 0. The van der Waals surface area contributed by atoms with Gasteiger partial charge in [0, 0.05) is 43.6 Å². The van der Waals surface area contributed by atoms with Crippen molar-refractivity contribution in [2.75, 3.05) is 19.6 Å². The first-order chi connectivity index (χ1) is 12.2. The highest BCUT2D eigenvalue weighted by atomic mass is 16.3. The van der Waals surface area contributed by atoms with Crippen molar-refractivity contribution in [2.45, 2.75) is 38.8 Å². The van der Waals surface area contributed by atoms with Crippen LogP contribution < -0.4 is 0 Å². The Labute approximate surface area is 149 Å². The SMILES string of the molecule is O=C1CCC2(CCCN(Cc3ccoc3)C2)CN1Cc1ccccc1. The molecule has 0 bridgehead atoms. The standard InChI is InChI=1S/C21H26N2O2/c24-20-7-10-21(17-23(20)14-18-5-2-1-3-6-18)9-4-11-22(16-21)13-19-8-12-25-15-19/h1-3,5-6,8,12,15H,4,7,9-11,13-14,16-17H2. The minimum absolute atomic E-state index is 0.255. The maximum Gasteiger partial charge on any atom is 0.222 e. The summed E-state index contributed by atoms with van der Waals surface area (Å²) in [6.45, 7) is 4.80. The second-order valence-corrected chi connectivity index (χ2v) is 7.68. The van der Waals surface area contributed by atoms with Crippen LogP contribution in [-0.4, -0.2) is 35.3 Å². The summed E-state index contributed by atoms with van der Waals surface area (Å²) in [5.74, 6) is 0.307. The lowest BCUT2D eigenvalue weighted by molar-refractivity contribution is -0.140. The molecular formula is C21H26N2O2. The van der Waals surface area contributed by atoms with Crippen LogP contribution in [0, 0.1) is 5.41 Å². The minimum atomic E-state index is 0.255.